The van der Waals surface area contributed by atoms with E-state index in [0.717, 1.165) is 16.9 Å². The topological polar surface area (TPSA) is 32.3 Å². The van der Waals surface area contributed by atoms with E-state index < -0.39 is 0 Å². The van der Waals surface area contributed by atoms with Gasteiger partial charge in [0.05, 0.1) is 11.4 Å². The highest BCUT2D eigenvalue weighted by molar-refractivity contribution is 6.31. The first-order valence-electron chi connectivity index (χ1n) is 4.90. The van der Waals surface area contributed by atoms with Crippen LogP contribution in [0.15, 0.2) is 12.1 Å². The van der Waals surface area contributed by atoms with Crippen molar-refractivity contribution in [3.05, 3.63) is 22.7 Å². The summed E-state index contributed by atoms with van der Waals surface area (Å²) in [5.74, 6) is 0.114. The smallest absolute Gasteiger partial charge is 0.228 e. The summed E-state index contributed by atoms with van der Waals surface area (Å²) >= 11 is 5.98. The van der Waals surface area contributed by atoms with Gasteiger partial charge >= 0.3 is 0 Å². The van der Waals surface area contributed by atoms with Gasteiger partial charge in [0, 0.05) is 25.0 Å². The largest absolute Gasteiger partial charge is 0.383 e. The van der Waals surface area contributed by atoms with Crippen LogP contribution in [0, 0.1) is 6.92 Å². The van der Waals surface area contributed by atoms with Crippen LogP contribution in [0.1, 0.15) is 12.0 Å². The van der Waals surface area contributed by atoms with Crippen molar-refractivity contribution in [1.29, 1.82) is 0 Å². The third-order valence-corrected chi connectivity index (χ3v) is 2.87. The molecule has 1 aromatic carbocycles. The maximum absolute atomic E-state index is 11.6. The lowest BCUT2D eigenvalue weighted by Gasteiger charge is -2.18. The lowest BCUT2D eigenvalue weighted by molar-refractivity contribution is -0.118. The molecule has 0 radical (unpaired) electrons. The van der Waals surface area contributed by atoms with Crippen LogP contribution in [-0.2, 0) is 4.79 Å². The minimum atomic E-state index is 0.114. The van der Waals surface area contributed by atoms with E-state index in [0.29, 0.717) is 18.0 Å². The second-order valence-electron chi connectivity index (χ2n) is 3.75. The Bertz CT molecular complexity index is 417. The van der Waals surface area contributed by atoms with E-state index in [1.54, 1.807) is 11.9 Å². The van der Waals surface area contributed by atoms with Gasteiger partial charge in [0.25, 0.3) is 0 Å². The van der Waals surface area contributed by atoms with Crippen molar-refractivity contribution in [3.63, 3.8) is 0 Å². The molecule has 0 aromatic heterocycles. The van der Waals surface area contributed by atoms with Crippen molar-refractivity contribution in [2.24, 2.45) is 0 Å². The van der Waals surface area contributed by atoms with Gasteiger partial charge in [-0.05, 0) is 24.6 Å². The van der Waals surface area contributed by atoms with E-state index in [1.807, 2.05) is 19.1 Å². The molecule has 15 heavy (non-hydrogen) atoms. The number of amides is 1. The minimum absolute atomic E-state index is 0.114. The van der Waals surface area contributed by atoms with Crippen LogP contribution in [0.3, 0.4) is 0 Å². The standard InChI is InChI=1S/C11H13ClN2O/c1-7-5-8(12)6-9-11(7)13-4-3-10(15)14(9)2/h5-6,13H,3-4H2,1-2H3. The minimum Gasteiger partial charge on any atom is -0.383 e. The van der Waals surface area contributed by atoms with E-state index in [4.69, 9.17) is 11.6 Å². The fourth-order valence-electron chi connectivity index (χ4n) is 1.82. The molecule has 1 heterocycles. The third-order valence-electron chi connectivity index (χ3n) is 2.66. The van der Waals surface area contributed by atoms with E-state index in [2.05, 4.69) is 5.32 Å². The first kappa shape index (κ1) is 10.3. The molecule has 0 bridgehead atoms. The van der Waals surface area contributed by atoms with E-state index in [-0.39, 0.29) is 5.91 Å². The predicted molar refractivity (Wildman–Crippen MR) is 62.7 cm³/mol. The van der Waals surface area contributed by atoms with Crippen molar-refractivity contribution < 1.29 is 4.79 Å². The summed E-state index contributed by atoms with van der Waals surface area (Å²) in [6, 6.07) is 3.72. The van der Waals surface area contributed by atoms with Gasteiger partial charge in [-0.3, -0.25) is 4.79 Å². The highest BCUT2D eigenvalue weighted by atomic mass is 35.5. The van der Waals surface area contributed by atoms with Crippen LogP contribution in [0.4, 0.5) is 11.4 Å². The number of fused-ring (bicyclic) bond motifs is 1. The summed E-state index contributed by atoms with van der Waals surface area (Å²) in [5, 5.41) is 3.92. The molecule has 0 aliphatic carbocycles. The molecule has 0 saturated heterocycles. The first-order valence-corrected chi connectivity index (χ1v) is 5.28. The second kappa shape index (κ2) is 3.74. The Morgan fingerprint density at radius 1 is 1.47 bits per heavy atom. The molecule has 1 aromatic rings. The lowest BCUT2D eigenvalue weighted by Crippen LogP contribution is -2.25. The molecule has 2 rings (SSSR count). The summed E-state index contributed by atoms with van der Waals surface area (Å²) in [4.78, 5) is 13.3. The Balaban J connectivity index is 2.58. The average molecular weight is 225 g/mol. The fraction of sp³-hybridized carbons (Fsp3) is 0.364. The zero-order valence-corrected chi connectivity index (χ0v) is 9.56. The highest BCUT2D eigenvalue weighted by Gasteiger charge is 2.20. The van der Waals surface area contributed by atoms with E-state index >= 15 is 0 Å². The average Bonchev–Trinajstić information content (AvgIpc) is 2.30. The molecule has 1 aliphatic rings. The molecule has 0 spiro atoms. The second-order valence-corrected chi connectivity index (χ2v) is 4.18. The monoisotopic (exact) mass is 224 g/mol. The van der Waals surface area contributed by atoms with Crippen LogP contribution in [0.2, 0.25) is 5.02 Å². The van der Waals surface area contributed by atoms with Crippen molar-refractivity contribution in [2.45, 2.75) is 13.3 Å². The lowest BCUT2D eigenvalue weighted by atomic mass is 10.1. The van der Waals surface area contributed by atoms with Crippen LogP contribution in [-0.4, -0.2) is 19.5 Å². The molecular formula is C11H13ClN2O. The van der Waals surface area contributed by atoms with Crippen LogP contribution in [0.5, 0.6) is 0 Å². The van der Waals surface area contributed by atoms with Gasteiger partial charge in [0.1, 0.15) is 0 Å². The number of hydrogen-bond acceptors (Lipinski definition) is 2. The van der Waals surface area contributed by atoms with Gasteiger partial charge in [-0.25, -0.2) is 0 Å². The Morgan fingerprint density at radius 3 is 2.93 bits per heavy atom. The molecule has 1 aliphatic heterocycles. The van der Waals surface area contributed by atoms with Gasteiger partial charge in [0.2, 0.25) is 5.91 Å². The number of nitrogens with one attached hydrogen (secondary N) is 1. The Hall–Kier alpha value is -1.22. The summed E-state index contributed by atoms with van der Waals surface area (Å²) < 4.78 is 0. The Kier molecular flexibility index (Phi) is 2.57. The molecule has 80 valence electrons. The number of halogens is 1. The Labute approximate surface area is 94.0 Å². The third kappa shape index (κ3) is 1.79. The SMILES string of the molecule is Cc1cc(Cl)cc2c1NCCC(=O)N2C. The quantitative estimate of drug-likeness (QED) is 0.734. The van der Waals surface area contributed by atoms with Gasteiger partial charge in [0.15, 0.2) is 0 Å². The number of nitrogens with zero attached hydrogens (tertiary/aromatic N) is 1. The summed E-state index contributed by atoms with van der Waals surface area (Å²) in [7, 11) is 1.78. The van der Waals surface area contributed by atoms with E-state index in [1.165, 1.54) is 0 Å². The molecule has 4 heteroatoms. The van der Waals surface area contributed by atoms with Gasteiger partial charge in [-0.1, -0.05) is 11.6 Å². The van der Waals surface area contributed by atoms with Crippen LogP contribution >= 0.6 is 11.6 Å². The van der Waals surface area contributed by atoms with Gasteiger partial charge < -0.3 is 10.2 Å². The highest BCUT2D eigenvalue weighted by Crippen LogP contribution is 2.34. The normalized spacial score (nSPS) is 15.7. The molecule has 1 amide bonds. The molecule has 0 saturated carbocycles. The summed E-state index contributed by atoms with van der Waals surface area (Å²) in [6.07, 6.45) is 0.516. The molecule has 0 unspecified atom stereocenters. The number of hydrogen-bond donors (Lipinski definition) is 1. The fourth-order valence-corrected chi connectivity index (χ4v) is 2.08. The van der Waals surface area contributed by atoms with Crippen LogP contribution < -0.4 is 10.2 Å². The van der Waals surface area contributed by atoms with Crippen LogP contribution in [0.25, 0.3) is 0 Å². The predicted octanol–water partition coefficient (Wildman–Crippen LogP) is 2.43. The number of aryl methyl sites for hydroxylation is 1. The summed E-state index contributed by atoms with van der Waals surface area (Å²) in [6.45, 7) is 2.67. The maximum atomic E-state index is 11.6. The van der Waals surface area contributed by atoms with Crippen molar-refractivity contribution >= 4 is 28.9 Å². The summed E-state index contributed by atoms with van der Waals surface area (Å²) in [5.41, 5.74) is 2.94. The molecule has 0 atom stereocenters. The number of anilines is 2. The zero-order chi connectivity index (χ0) is 11.0. The molecule has 3 nitrogen and oxygen atoms in total. The Morgan fingerprint density at radius 2 is 2.20 bits per heavy atom. The first-order chi connectivity index (χ1) is 7.09. The van der Waals surface area contributed by atoms with Gasteiger partial charge in [-0.15, -0.1) is 0 Å². The van der Waals surface area contributed by atoms with Crippen molar-refractivity contribution in [2.75, 3.05) is 23.8 Å². The number of carbonyl (C=O) groups excluding carboxylic acids is 1. The maximum Gasteiger partial charge on any atom is 0.228 e. The number of benzene rings is 1. The number of carbonyl (C=O) groups is 1. The van der Waals surface area contributed by atoms with Crippen molar-refractivity contribution in [1.82, 2.24) is 0 Å². The zero-order valence-electron chi connectivity index (χ0n) is 8.80. The molecular weight excluding hydrogens is 212 g/mol. The van der Waals surface area contributed by atoms with E-state index in [9.17, 15) is 4.79 Å². The number of rotatable bonds is 0. The van der Waals surface area contributed by atoms with Crippen molar-refractivity contribution in [3.8, 4) is 0 Å². The van der Waals surface area contributed by atoms with Gasteiger partial charge in [-0.2, -0.15) is 0 Å². The molecule has 0 fully saturated rings. The molecule has 1 N–H and O–H groups in total.